The lowest BCUT2D eigenvalue weighted by molar-refractivity contribution is -0.107. The highest BCUT2D eigenvalue weighted by atomic mass is 16.5. The molecule has 0 bridgehead atoms. The number of aldehydes is 1. The Morgan fingerprint density at radius 1 is 1.06 bits per heavy atom. The van der Waals surface area contributed by atoms with Gasteiger partial charge in [-0.3, -0.25) is 0 Å². The van der Waals surface area contributed by atoms with Gasteiger partial charge >= 0.3 is 0 Å². The van der Waals surface area contributed by atoms with Gasteiger partial charge in [-0.15, -0.1) is 0 Å². The van der Waals surface area contributed by atoms with Crippen LogP contribution in [0, 0.1) is 6.92 Å². The molecule has 2 heteroatoms. The quantitative estimate of drug-likeness (QED) is 0.745. The summed E-state index contributed by atoms with van der Waals surface area (Å²) >= 11 is 0. The minimum absolute atomic E-state index is 0.377. The predicted octanol–water partition coefficient (Wildman–Crippen LogP) is 3.53. The molecule has 86 valence electrons. The number of para-hydroxylation sites is 1. The summed E-state index contributed by atoms with van der Waals surface area (Å²) < 4.78 is 5.76. The van der Waals surface area contributed by atoms with Gasteiger partial charge in [0.15, 0.2) is 0 Å². The SMILES string of the molecule is Cc1ccc(Oc2ccccc2CC=O)cc1. The van der Waals surface area contributed by atoms with Crippen LogP contribution in [0.3, 0.4) is 0 Å². The van der Waals surface area contributed by atoms with Gasteiger partial charge in [-0.05, 0) is 25.1 Å². The molecular weight excluding hydrogens is 212 g/mol. The van der Waals surface area contributed by atoms with Crippen LogP contribution >= 0.6 is 0 Å². The molecular formula is C15H14O2. The summed E-state index contributed by atoms with van der Waals surface area (Å²) in [7, 11) is 0. The summed E-state index contributed by atoms with van der Waals surface area (Å²) in [6.45, 7) is 2.03. The summed E-state index contributed by atoms with van der Waals surface area (Å²) in [4.78, 5) is 10.6. The van der Waals surface area contributed by atoms with Crippen molar-refractivity contribution in [3.8, 4) is 11.5 Å². The van der Waals surface area contributed by atoms with Crippen molar-refractivity contribution in [2.24, 2.45) is 0 Å². The number of ether oxygens (including phenoxy) is 1. The van der Waals surface area contributed by atoms with Crippen LogP contribution in [0.1, 0.15) is 11.1 Å². The number of benzene rings is 2. The van der Waals surface area contributed by atoms with Gasteiger partial charge in [0.05, 0.1) is 0 Å². The van der Waals surface area contributed by atoms with Crippen LogP contribution in [-0.4, -0.2) is 6.29 Å². The highest BCUT2D eigenvalue weighted by Gasteiger charge is 2.03. The van der Waals surface area contributed by atoms with Crippen LogP contribution in [-0.2, 0) is 11.2 Å². The maximum atomic E-state index is 10.6. The molecule has 0 amide bonds. The third-order valence-electron chi connectivity index (χ3n) is 2.52. The third-order valence-corrected chi connectivity index (χ3v) is 2.52. The standard InChI is InChI=1S/C15H14O2/c1-12-6-8-14(9-7-12)17-15-5-3-2-4-13(15)10-11-16/h2-9,11H,10H2,1H3. The van der Waals surface area contributed by atoms with E-state index in [0.717, 1.165) is 23.3 Å². The summed E-state index contributed by atoms with van der Waals surface area (Å²) in [6, 6.07) is 15.4. The molecule has 0 heterocycles. The summed E-state index contributed by atoms with van der Waals surface area (Å²) in [5, 5.41) is 0. The fraction of sp³-hybridized carbons (Fsp3) is 0.133. The highest BCUT2D eigenvalue weighted by Crippen LogP contribution is 2.25. The van der Waals surface area contributed by atoms with Gasteiger partial charge in [-0.1, -0.05) is 35.9 Å². The molecule has 0 aliphatic heterocycles. The molecule has 0 aromatic heterocycles. The fourth-order valence-corrected chi connectivity index (χ4v) is 1.60. The zero-order valence-electron chi connectivity index (χ0n) is 9.72. The molecule has 0 spiro atoms. The summed E-state index contributed by atoms with van der Waals surface area (Å²) in [6.07, 6.45) is 1.26. The fourth-order valence-electron chi connectivity index (χ4n) is 1.60. The molecule has 2 aromatic rings. The Hall–Kier alpha value is -2.09. The van der Waals surface area contributed by atoms with Gasteiger partial charge in [0.1, 0.15) is 17.8 Å². The highest BCUT2D eigenvalue weighted by molar-refractivity contribution is 5.57. The second kappa shape index (κ2) is 5.30. The number of carbonyl (C=O) groups excluding carboxylic acids is 1. The Morgan fingerprint density at radius 2 is 1.76 bits per heavy atom. The number of carbonyl (C=O) groups is 1. The Balaban J connectivity index is 2.23. The van der Waals surface area contributed by atoms with Gasteiger partial charge in [0.25, 0.3) is 0 Å². The molecule has 0 fully saturated rings. The lowest BCUT2D eigenvalue weighted by Gasteiger charge is -2.09. The average Bonchev–Trinajstić information content (AvgIpc) is 2.35. The van der Waals surface area contributed by atoms with E-state index >= 15 is 0 Å². The van der Waals surface area contributed by atoms with Crippen LogP contribution in [0.25, 0.3) is 0 Å². The first-order valence-electron chi connectivity index (χ1n) is 5.55. The predicted molar refractivity (Wildman–Crippen MR) is 67.5 cm³/mol. The van der Waals surface area contributed by atoms with Crippen molar-refractivity contribution in [3.63, 3.8) is 0 Å². The van der Waals surface area contributed by atoms with E-state index < -0.39 is 0 Å². The van der Waals surface area contributed by atoms with E-state index in [0.29, 0.717) is 6.42 Å². The van der Waals surface area contributed by atoms with Crippen molar-refractivity contribution in [2.45, 2.75) is 13.3 Å². The molecule has 0 unspecified atom stereocenters. The molecule has 2 rings (SSSR count). The second-order valence-electron chi connectivity index (χ2n) is 3.89. The Morgan fingerprint density at radius 3 is 2.47 bits per heavy atom. The molecule has 0 atom stereocenters. The van der Waals surface area contributed by atoms with E-state index in [9.17, 15) is 4.79 Å². The first kappa shape index (κ1) is 11.4. The van der Waals surface area contributed by atoms with Gasteiger partial charge in [0.2, 0.25) is 0 Å². The Bertz CT molecular complexity index is 501. The van der Waals surface area contributed by atoms with E-state index in [1.807, 2.05) is 55.5 Å². The molecule has 0 saturated heterocycles. The van der Waals surface area contributed by atoms with Crippen molar-refractivity contribution in [3.05, 3.63) is 59.7 Å². The van der Waals surface area contributed by atoms with E-state index in [1.165, 1.54) is 5.56 Å². The molecule has 2 nitrogen and oxygen atoms in total. The van der Waals surface area contributed by atoms with Crippen molar-refractivity contribution in [2.75, 3.05) is 0 Å². The van der Waals surface area contributed by atoms with Crippen LogP contribution in [0.5, 0.6) is 11.5 Å². The summed E-state index contributed by atoms with van der Waals surface area (Å²) in [5.41, 5.74) is 2.10. The lowest BCUT2D eigenvalue weighted by atomic mass is 10.1. The molecule has 2 aromatic carbocycles. The minimum Gasteiger partial charge on any atom is -0.457 e. The second-order valence-corrected chi connectivity index (χ2v) is 3.89. The normalized spacial score (nSPS) is 9.94. The first-order chi connectivity index (χ1) is 8.29. The van der Waals surface area contributed by atoms with E-state index in [2.05, 4.69) is 0 Å². The largest absolute Gasteiger partial charge is 0.457 e. The lowest BCUT2D eigenvalue weighted by Crippen LogP contribution is -1.92. The molecule has 0 saturated carbocycles. The smallest absolute Gasteiger partial charge is 0.131 e. The first-order valence-corrected chi connectivity index (χ1v) is 5.55. The maximum Gasteiger partial charge on any atom is 0.131 e. The van der Waals surface area contributed by atoms with Crippen LogP contribution in [0.4, 0.5) is 0 Å². The average molecular weight is 226 g/mol. The third kappa shape index (κ3) is 2.94. The van der Waals surface area contributed by atoms with Crippen molar-refractivity contribution >= 4 is 6.29 Å². The Labute approximate surface area is 101 Å². The number of hydrogen-bond donors (Lipinski definition) is 0. The number of aryl methyl sites for hydroxylation is 1. The van der Waals surface area contributed by atoms with E-state index in [1.54, 1.807) is 0 Å². The molecule has 0 radical (unpaired) electrons. The molecule has 0 aliphatic carbocycles. The van der Waals surface area contributed by atoms with Gasteiger partial charge < -0.3 is 9.53 Å². The minimum atomic E-state index is 0.377. The topological polar surface area (TPSA) is 26.3 Å². The zero-order chi connectivity index (χ0) is 12.1. The monoisotopic (exact) mass is 226 g/mol. The number of rotatable bonds is 4. The van der Waals surface area contributed by atoms with Crippen molar-refractivity contribution in [1.82, 2.24) is 0 Å². The van der Waals surface area contributed by atoms with Crippen LogP contribution < -0.4 is 4.74 Å². The summed E-state index contributed by atoms with van der Waals surface area (Å²) in [5.74, 6) is 1.53. The van der Waals surface area contributed by atoms with Crippen LogP contribution in [0.2, 0.25) is 0 Å². The molecule has 17 heavy (non-hydrogen) atoms. The van der Waals surface area contributed by atoms with Gasteiger partial charge in [0, 0.05) is 12.0 Å². The van der Waals surface area contributed by atoms with Gasteiger partial charge in [-0.25, -0.2) is 0 Å². The molecule has 0 aliphatic rings. The van der Waals surface area contributed by atoms with Crippen molar-refractivity contribution < 1.29 is 9.53 Å². The van der Waals surface area contributed by atoms with Gasteiger partial charge in [-0.2, -0.15) is 0 Å². The van der Waals surface area contributed by atoms with Crippen molar-refractivity contribution in [1.29, 1.82) is 0 Å². The maximum absolute atomic E-state index is 10.6. The molecule has 0 N–H and O–H groups in total. The van der Waals surface area contributed by atoms with E-state index in [-0.39, 0.29) is 0 Å². The Kier molecular flexibility index (Phi) is 3.55. The van der Waals surface area contributed by atoms with E-state index in [4.69, 9.17) is 4.74 Å². The zero-order valence-corrected chi connectivity index (χ0v) is 9.72. The number of hydrogen-bond acceptors (Lipinski definition) is 2. The van der Waals surface area contributed by atoms with Crippen LogP contribution in [0.15, 0.2) is 48.5 Å².